The van der Waals surface area contributed by atoms with E-state index in [4.69, 9.17) is 0 Å². The number of thiophene rings is 1. The van der Waals surface area contributed by atoms with Gasteiger partial charge in [-0.2, -0.15) is 0 Å². The van der Waals surface area contributed by atoms with E-state index in [2.05, 4.69) is 27.4 Å². The quantitative estimate of drug-likeness (QED) is 0.884. The van der Waals surface area contributed by atoms with Gasteiger partial charge >= 0.3 is 0 Å². The van der Waals surface area contributed by atoms with Gasteiger partial charge in [-0.1, -0.05) is 0 Å². The maximum absolute atomic E-state index is 12.8. The smallest absolute Gasteiger partial charge is 0.270 e. The van der Waals surface area contributed by atoms with Crippen LogP contribution >= 0.6 is 11.3 Å². The summed E-state index contributed by atoms with van der Waals surface area (Å²) >= 11 is 1.51. The summed E-state index contributed by atoms with van der Waals surface area (Å²) in [7, 11) is 0. The number of aromatic nitrogens is 1. The Morgan fingerprint density at radius 1 is 1.32 bits per heavy atom. The molecule has 2 bridgehead atoms. The summed E-state index contributed by atoms with van der Waals surface area (Å²) in [4.78, 5) is 30.9. The predicted molar refractivity (Wildman–Crippen MR) is 98.9 cm³/mol. The van der Waals surface area contributed by atoms with Crippen LogP contribution in [0.25, 0.3) is 10.1 Å². The summed E-state index contributed by atoms with van der Waals surface area (Å²) < 4.78 is 0.955. The number of nitrogens with zero attached hydrogens (tertiary/aromatic N) is 2. The van der Waals surface area contributed by atoms with Crippen LogP contribution in [-0.4, -0.2) is 46.9 Å². The van der Waals surface area contributed by atoms with Crippen molar-refractivity contribution in [1.29, 1.82) is 0 Å². The van der Waals surface area contributed by atoms with Crippen molar-refractivity contribution in [2.24, 2.45) is 5.92 Å². The zero-order valence-electron chi connectivity index (χ0n) is 14.4. The van der Waals surface area contributed by atoms with E-state index in [0.29, 0.717) is 17.7 Å². The average molecular weight is 358 g/mol. The van der Waals surface area contributed by atoms with Crippen LogP contribution in [0.15, 0.2) is 17.6 Å². The molecule has 5 rings (SSSR count). The molecule has 0 spiro atoms. The van der Waals surface area contributed by atoms with Crippen molar-refractivity contribution in [3.05, 3.63) is 23.3 Å². The Labute approximate surface area is 150 Å². The molecule has 0 aromatic carbocycles. The largest absolute Gasteiger partial charge is 0.346 e. The number of pyridine rings is 1. The van der Waals surface area contributed by atoms with E-state index < -0.39 is 0 Å². The first kappa shape index (κ1) is 16.5. The molecule has 2 aromatic heterocycles. The van der Waals surface area contributed by atoms with Crippen LogP contribution in [0.4, 0.5) is 5.69 Å². The third-order valence-corrected chi connectivity index (χ3v) is 6.41. The fourth-order valence-electron chi connectivity index (χ4n) is 4.11. The number of anilines is 1. The first-order chi connectivity index (χ1) is 12.0. The average Bonchev–Trinajstić information content (AvgIpc) is 3.00. The lowest BCUT2D eigenvalue weighted by atomic mass is 9.79. The van der Waals surface area contributed by atoms with Gasteiger partial charge in [0.25, 0.3) is 5.91 Å². The third kappa shape index (κ3) is 3.02. The minimum Gasteiger partial charge on any atom is -0.346 e. The summed E-state index contributed by atoms with van der Waals surface area (Å²) in [5, 5.41) is 8.76. The molecule has 6 nitrogen and oxygen atoms in total. The summed E-state index contributed by atoms with van der Waals surface area (Å²) in [6, 6.07) is 2.33. The molecule has 0 aliphatic carbocycles. The van der Waals surface area contributed by atoms with Gasteiger partial charge in [-0.05, 0) is 44.8 Å². The van der Waals surface area contributed by atoms with E-state index in [1.807, 2.05) is 5.38 Å². The monoisotopic (exact) mass is 358 g/mol. The Morgan fingerprint density at radius 3 is 2.76 bits per heavy atom. The Bertz CT molecular complexity index is 824. The van der Waals surface area contributed by atoms with E-state index in [1.165, 1.54) is 18.3 Å². The van der Waals surface area contributed by atoms with Gasteiger partial charge in [0, 0.05) is 36.0 Å². The van der Waals surface area contributed by atoms with Gasteiger partial charge in [0.1, 0.15) is 5.69 Å². The molecule has 2 atom stereocenters. The summed E-state index contributed by atoms with van der Waals surface area (Å²) in [6.07, 6.45) is 4.01. The van der Waals surface area contributed by atoms with Crippen molar-refractivity contribution in [3.63, 3.8) is 0 Å². The van der Waals surface area contributed by atoms with E-state index in [0.717, 1.165) is 41.7 Å². The van der Waals surface area contributed by atoms with Gasteiger partial charge in [0.15, 0.2) is 0 Å². The molecule has 2 N–H and O–H groups in total. The molecule has 2 aromatic rings. The highest BCUT2D eigenvalue weighted by molar-refractivity contribution is 7.17. The van der Waals surface area contributed by atoms with Crippen LogP contribution < -0.4 is 10.6 Å². The minimum absolute atomic E-state index is 0.122. The van der Waals surface area contributed by atoms with Crippen LogP contribution in [0.2, 0.25) is 0 Å². The molecule has 0 radical (unpaired) electrons. The van der Waals surface area contributed by atoms with Gasteiger partial charge in [0.2, 0.25) is 5.91 Å². The lowest BCUT2D eigenvalue weighted by Crippen LogP contribution is -2.62. The van der Waals surface area contributed by atoms with Crippen molar-refractivity contribution in [2.45, 2.75) is 38.8 Å². The predicted octanol–water partition coefficient (Wildman–Crippen LogP) is 2.47. The molecule has 3 aliphatic rings. The topological polar surface area (TPSA) is 74.3 Å². The van der Waals surface area contributed by atoms with Crippen molar-refractivity contribution < 1.29 is 9.59 Å². The van der Waals surface area contributed by atoms with Gasteiger partial charge in [-0.3, -0.25) is 14.5 Å². The zero-order valence-corrected chi connectivity index (χ0v) is 15.2. The van der Waals surface area contributed by atoms with E-state index in [1.54, 1.807) is 12.3 Å². The number of rotatable bonds is 3. The Kier molecular flexibility index (Phi) is 4.21. The SMILES string of the molecule is CC(=O)Nc1csc2cnc(C(=O)N[C@@H]3C4CCN(CC4)[C@H]3C)cc12. The number of hydrogen-bond donors (Lipinski definition) is 2. The van der Waals surface area contributed by atoms with Gasteiger partial charge in [-0.25, -0.2) is 4.98 Å². The molecule has 2 amide bonds. The molecule has 0 saturated carbocycles. The number of nitrogens with one attached hydrogen (secondary N) is 2. The standard InChI is InChI=1S/C18H22N4O2S/c1-10-17(12-3-5-22(10)6-4-12)21-18(24)14-7-13-15(20-11(2)23)9-25-16(13)8-19-14/h7-10,12,17H,3-6H2,1-2H3,(H,20,23)(H,21,24)/t10-,17-/m0/s1. The van der Waals surface area contributed by atoms with Crippen molar-refractivity contribution >= 4 is 38.9 Å². The summed E-state index contributed by atoms with van der Waals surface area (Å²) in [5.41, 5.74) is 1.14. The normalized spacial score (nSPS) is 28.1. The van der Waals surface area contributed by atoms with Gasteiger partial charge in [0.05, 0.1) is 10.4 Å². The second-order valence-corrected chi connectivity index (χ2v) is 7.92. The molecule has 132 valence electrons. The molecule has 3 saturated heterocycles. The Morgan fingerprint density at radius 2 is 2.08 bits per heavy atom. The Balaban J connectivity index is 1.56. The highest BCUT2D eigenvalue weighted by Gasteiger charge is 2.40. The lowest BCUT2D eigenvalue weighted by molar-refractivity contribution is -0.114. The number of carbonyl (C=O) groups excluding carboxylic acids is 2. The molecular weight excluding hydrogens is 336 g/mol. The third-order valence-electron chi connectivity index (χ3n) is 5.48. The van der Waals surface area contributed by atoms with Crippen LogP contribution in [0.5, 0.6) is 0 Å². The van der Waals surface area contributed by atoms with Crippen LogP contribution in [0.3, 0.4) is 0 Å². The highest BCUT2D eigenvalue weighted by atomic mass is 32.1. The second-order valence-electron chi connectivity index (χ2n) is 7.01. The molecular formula is C18H22N4O2S. The van der Waals surface area contributed by atoms with E-state index in [-0.39, 0.29) is 17.9 Å². The maximum Gasteiger partial charge on any atom is 0.270 e. The van der Waals surface area contributed by atoms with Crippen LogP contribution in [0.1, 0.15) is 37.2 Å². The Hall–Kier alpha value is -1.99. The number of carbonyl (C=O) groups is 2. The second kappa shape index (κ2) is 6.38. The fourth-order valence-corrected chi connectivity index (χ4v) is 4.95. The fraction of sp³-hybridized carbons (Fsp3) is 0.500. The molecule has 7 heteroatoms. The van der Waals surface area contributed by atoms with E-state index >= 15 is 0 Å². The molecule has 0 unspecified atom stereocenters. The maximum atomic E-state index is 12.8. The van der Waals surface area contributed by atoms with Crippen LogP contribution in [0, 0.1) is 5.92 Å². The van der Waals surface area contributed by atoms with Crippen molar-refractivity contribution in [1.82, 2.24) is 15.2 Å². The first-order valence-corrected chi connectivity index (χ1v) is 9.60. The number of hydrogen-bond acceptors (Lipinski definition) is 5. The van der Waals surface area contributed by atoms with Crippen molar-refractivity contribution in [2.75, 3.05) is 18.4 Å². The molecule has 5 heterocycles. The highest BCUT2D eigenvalue weighted by Crippen LogP contribution is 2.33. The van der Waals surface area contributed by atoms with Gasteiger partial charge < -0.3 is 10.6 Å². The molecule has 3 fully saturated rings. The summed E-state index contributed by atoms with van der Waals surface area (Å²) in [6.45, 7) is 5.95. The number of fused-ring (bicyclic) bond motifs is 4. The zero-order chi connectivity index (χ0) is 17.6. The van der Waals surface area contributed by atoms with E-state index in [9.17, 15) is 9.59 Å². The molecule has 3 aliphatic heterocycles. The number of amides is 2. The minimum atomic E-state index is -0.132. The number of piperidine rings is 3. The lowest BCUT2D eigenvalue weighted by Gasteiger charge is -2.49. The van der Waals surface area contributed by atoms with Gasteiger partial charge in [-0.15, -0.1) is 11.3 Å². The van der Waals surface area contributed by atoms with Crippen molar-refractivity contribution in [3.8, 4) is 0 Å². The first-order valence-electron chi connectivity index (χ1n) is 8.72. The molecule has 25 heavy (non-hydrogen) atoms. The van der Waals surface area contributed by atoms with Crippen LogP contribution in [-0.2, 0) is 4.79 Å². The summed E-state index contributed by atoms with van der Waals surface area (Å²) in [5.74, 6) is 0.305.